The van der Waals surface area contributed by atoms with E-state index in [1.54, 1.807) is 0 Å². The Hall–Kier alpha value is -3.75. The Morgan fingerprint density at radius 3 is 2.36 bits per heavy atom. The minimum Gasteiger partial charge on any atom is -0.493 e. The summed E-state index contributed by atoms with van der Waals surface area (Å²) in [5, 5.41) is 2.56. The van der Waals surface area contributed by atoms with Crippen LogP contribution in [0.25, 0.3) is 11.0 Å². The van der Waals surface area contributed by atoms with E-state index in [0.717, 1.165) is 11.0 Å². The van der Waals surface area contributed by atoms with Gasteiger partial charge < -0.3 is 19.5 Å². The second-order valence-corrected chi connectivity index (χ2v) is 5.73. The summed E-state index contributed by atoms with van der Waals surface area (Å²) >= 11 is 0. The molecule has 0 unspecified atom stereocenters. The Balaban J connectivity index is 1.67. The minimum absolute atomic E-state index is 0.220. The number of ether oxygens (including phenoxy) is 3. The molecule has 0 aliphatic carbocycles. The molecule has 0 atom stereocenters. The maximum Gasteiger partial charge on any atom is 0.258 e. The fourth-order valence-electron chi connectivity index (χ4n) is 2.70. The molecule has 146 valence electrons. The standard InChI is InChI=1S/C19H20N4O5/c1-26-15-8-12(9-16(27-2)18(15)28-3)19(25)20-10-17(24)22-23-11-21-13-6-4-5-7-14(13)23/h4-9,11H,10H2,1-3H3,(H,20,25)(H,22,24). The molecule has 0 aliphatic rings. The number of imidazole rings is 1. The molecule has 9 nitrogen and oxygen atoms in total. The monoisotopic (exact) mass is 384 g/mol. The molecule has 1 aromatic heterocycles. The first-order valence-electron chi connectivity index (χ1n) is 8.37. The minimum atomic E-state index is -0.454. The number of para-hydroxylation sites is 2. The zero-order chi connectivity index (χ0) is 20.1. The van der Waals surface area contributed by atoms with Gasteiger partial charge in [-0.1, -0.05) is 12.1 Å². The first kappa shape index (κ1) is 19.0. The van der Waals surface area contributed by atoms with E-state index >= 15 is 0 Å². The van der Waals surface area contributed by atoms with E-state index in [9.17, 15) is 9.59 Å². The fraction of sp³-hybridized carbons (Fsp3) is 0.211. The van der Waals surface area contributed by atoms with E-state index in [4.69, 9.17) is 14.2 Å². The number of carbonyl (C=O) groups is 2. The summed E-state index contributed by atoms with van der Waals surface area (Å²) in [6, 6.07) is 10.4. The number of aromatic nitrogens is 2. The summed E-state index contributed by atoms with van der Waals surface area (Å²) in [6.07, 6.45) is 1.50. The van der Waals surface area contributed by atoms with Gasteiger partial charge in [-0.2, -0.15) is 0 Å². The van der Waals surface area contributed by atoms with Gasteiger partial charge in [-0.25, -0.2) is 9.66 Å². The van der Waals surface area contributed by atoms with Crippen LogP contribution in [0.5, 0.6) is 17.2 Å². The summed E-state index contributed by atoms with van der Waals surface area (Å²) in [7, 11) is 4.40. The fourth-order valence-corrected chi connectivity index (χ4v) is 2.70. The zero-order valence-corrected chi connectivity index (χ0v) is 15.7. The maximum absolute atomic E-state index is 12.4. The summed E-state index contributed by atoms with van der Waals surface area (Å²) in [4.78, 5) is 28.8. The van der Waals surface area contributed by atoms with Crippen molar-refractivity contribution in [1.29, 1.82) is 0 Å². The van der Waals surface area contributed by atoms with Crippen LogP contribution in [-0.4, -0.2) is 49.3 Å². The van der Waals surface area contributed by atoms with Gasteiger partial charge in [-0.3, -0.25) is 15.0 Å². The highest BCUT2D eigenvalue weighted by Crippen LogP contribution is 2.38. The molecule has 1 heterocycles. The van der Waals surface area contributed by atoms with Crippen molar-refractivity contribution in [2.24, 2.45) is 0 Å². The molecule has 0 bridgehead atoms. The van der Waals surface area contributed by atoms with E-state index < -0.39 is 11.8 Å². The molecule has 3 rings (SSSR count). The number of methoxy groups -OCH3 is 3. The normalized spacial score (nSPS) is 10.4. The predicted molar refractivity (Wildman–Crippen MR) is 103 cm³/mol. The number of rotatable bonds is 7. The highest BCUT2D eigenvalue weighted by Gasteiger charge is 2.17. The van der Waals surface area contributed by atoms with Crippen molar-refractivity contribution in [3.63, 3.8) is 0 Å². The van der Waals surface area contributed by atoms with Gasteiger partial charge in [-0.05, 0) is 24.3 Å². The summed E-state index contributed by atoms with van der Waals surface area (Å²) in [6.45, 7) is -0.220. The molecule has 0 saturated carbocycles. The third kappa shape index (κ3) is 3.83. The van der Waals surface area contributed by atoms with E-state index in [0.29, 0.717) is 17.2 Å². The number of carbonyl (C=O) groups excluding carboxylic acids is 2. The third-order valence-corrected chi connectivity index (χ3v) is 4.04. The van der Waals surface area contributed by atoms with Crippen LogP contribution in [0.4, 0.5) is 0 Å². The summed E-state index contributed by atoms with van der Waals surface area (Å²) in [5.74, 6) is 0.225. The average Bonchev–Trinajstić information content (AvgIpc) is 3.13. The van der Waals surface area contributed by atoms with Crippen molar-refractivity contribution in [3.8, 4) is 17.2 Å². The lowest BCUT2D eigenvalue weighted by atomic mass is 10.1. The Kier molecular flexibility index (Phi) is 5.64. The molecular weight excluding hydrogens is 364 g/mol. The Morgan fingerprint density at radius 1 is 1.04 bits per heavy atom. The van der Waals surface area contributed by atoms with Gasteiger partial charge in [0.2, 0.25) is 5.75 Å². The number of benzene rings is 2. The van der Waals surface area contributed by atoms with Crippen molar-refractivity contribution in [2.75, 3.05) is 33.3 Å². The van der Waals surface area contributed by atoms with Crippen LogP contribution in [0.15, 0.2) is 42.7 Å². The van der Waals surface area contributed by atoms with E-state index in [1.165, 1.54) is 44.5 Å². The van der Waals surface area contributed by atoms with Gasteiger partial charge in [0.1, 0.15) is 6.33 Å². The van der Waals surface area contributed by atoms with Crippen LogP contribution in [0.3, 0.4) is 0 Å². The Labute approximate surface area is 161 Å². The molecular formula is C19H20N4O5. The van der Waals surface area contributed by atoms with Gasteiger partial charge in [0, 0.05) is 5.56 Å². The highest BCUT2D eigenvalue weighted by atomic mass is 16.5. The number of nitrogens with zero attached hydrogens (tertiary/aromatic N) is 2. The maximum atomic E-state index is 12.4. The first-order valence-corrected chi connectivity index (χ1v) is 8.37. The molecule has 0 aliphatic heterocycles. The van der Waals surface area contributed by atoms with Gasteiger partial charge >= 0.3 is 0 Å². The molecule has 2 N–H and O–H groups in total. The van der Waals surface area contributed by atoms with Crippen molar-refractivity contribution in [2.45, 2.75) is 0 Å². The van der Waals surface area contributed by atoms with Crippen LogP contribution in [0.2, 0.25) is 0 Å². The van der Waals surface area contributed by atoms with E-state index in [2.05, 4.69) is 15.7 Å². The lowest BCUT2D eigenvalue weighted by Crippen LogP contribution is -2.35. The van der Waals surface area contributed by atoms with Gasteiger partial charge in [0.25, 0.3) is 11.8 Å². The topological polar surface area (TPSA) is 104 Å². The molecule has 28 heavy (non-hydrogen) atoms. The molecule has 2 aromatic carbocycles. The van der Waals surface area contributed by atoms with Crippen LogP contribution < -0.4 is 25.0 Å². The highest BCUT2D eigenvalue weighted by molar-refractivity contribution is 5.98. The average molecular weight is 384 g/mol. The number of fused-ring (bicyclic) bond motifs is 1. The van der Waals surface area contributed by atoms with Gasteiger partial charge in [0.05, 0.1) is 38.9 Å². The molecule has 0 saturated heterocycles. The van der Waals surface area contributed by atoms with Crippen LogP contribution >= 0.6 is 0 Å². The number of nitrogens with one attached hydrogen (secondary N) is 2. The number of hydrogen-bond acceptors (Lipinski definition) is 6. The van der Waals surface area contributed by atoms with Crippen LogP contribution in [0, 0.1) is 0 Å². The second kappa shape index (κ2) is 8.30. The Morgan fingerprint density at radius 2 is 1.71 bits per heavy atom. The molecule has 0 radical (unpaired) electrons. The van der Waals surface area contributed by atoms with E-state index in [-0.39, 0.29) is 12.1 Å². The van der Waals surface area contributed by atoms with Crippen molar-refractivity contribution in [3.05, 3.63) is 48.3 Å². The van der Waals surface area contributed by atoms with Gasteiger partial charge in [-0.15, -0.1) is 0 Å². The summed E-state index contributed by atoms with van der Waals surface area (Å²) < 4.78 is 17.2. The first-order chi connectivity index (χ1) is 13.6. The lowest BCUT2D eigenvalue weighted by molar-refractivity contribution is -0.116. The Bertz CT molecular complexity index is 989. The van der Waals surface area contributed by atoms with Crippen LogP contribution in [0.1, 0.15) is 10.4 Å². The van der Waals surface area contributed by atoms with Crippen molar-refractivity contribution < 1.29 is 23.8 Å². The largest absolute Gasteiger partial charge is 0.493 e. The van der Waals surface area contributed by atoms with E-state index in [1.807, 2.05) is 24.3 Å². The van der Waals surface area contributed by atoms with Gasteiger partial charge in [0.15, 0.2) is 11.5 Å². The molecule has 9 heteroatoms. The molecule has 2 amide bonds. The van der Waals surface area contributed by atoms with Crippen molar-refractivity contribution in [1.82, 2.24) is 15.0 Å². The molecule has 0 fully saturated rings. The zero-order valence-electron chi connectivity index (χ0n) is 15.7. The second-order valence-electron chi connectivity index (χ2n) is 5.73. The smallest absolute Gasteiger partial charge is 0.258 e. The third-order valence-electron chi connectivity index (χ3n) is 4.04. The predicted octanol–water partition coefficient (Wildman–Crippen LogP) is 1.56. The number of amides is 2. The van der Waals surface area contributed by atoms with Crippen molar-refractivity contribution >= 4 is 22.8 Å². The molecule has 0 spiro atoms. The molecule has 3 aromatic rings. The van der Waals surface area contributed by atoms with Crippen LogP contribution in [-0.2, 0) is 4.79 Å². The SMILES string of the molecule is COc1cc(C(=O)NCC(=O)Nn2cnc3ccccc32)cc(OC)c1OC. The summed E-state index contributed by atoms with van der Waals surface area (Å²) in [5.41, 5.74) is 4.45. The number of hydrogen-bond donors (Lipinski definition) is 2. The quantitative estimate of drug-likeness (QED) is 0.641. The lowest BCUT2D eigenvalue weighted by Gasteiger charge is -2.14.